The van der Waals surface area contributed by atoms with E-state index < -0.39 is 10.0 Å². The molecule has 9 heteroatoms. The van der Waals surface area contributed by atoms with E-state index in [1.54, 1.807) is 24.8 Å². The van der Waals surface area contributed by atoms with Gasteiger partial charge in [0.15, 0.2) is 6.61 Å². The van der Waals surface area contributed by atoms with E-state index in [1.165, 1.54) is 21.3 Å². The predicted octanol–water partition coefficient (Wildman–Crippen LogP) is 1.95. The molecule has 0 aliphatic carbocycles. The van der Waals surface area contributed by atoms with Crippen LogP contribution in [0.5, 0.6) is 5.75 Å². The van der Waals surface area contributed by atoms with Crippen molar-refractivity contribution in [3.05, 3.63) is 18.2 Å². The summed E-state index contributed by atoms with van der Waals surface area (Å²) < 4.78 is 32.7. The molecule has 3 rings (SSSR count). The number of likely N-dealkylation sites (tertiary alicyclic amines) is 1. The Labute approximate surface area is 178 Å². The van der Waals surface area contributed by atoms with Crippen LogP contribution in [-0.2, 0) is 19.6 Å². The lowest BCUT2D eigenvalue weighted by molar-refractivity contribution is -0.134. The molecule has 0 radical (unpaired) electrons. The summed E-state index contributed by atoms with van der Waals surface area (Å²) in [7, 11) is -3.69. The van der Waals surface area contributed by atoms with Gasteiger partial charge < -0.3 is 9.64 Å². The average molecular weight is 438 g/mol. The number of rotatable bonds is 6. The van der Waals surface area contributed by atoms with E-state index in [2.05, 4.69) is 13.8 Å². The molecule has 0 saturated carbocycles. The molecule has 2 atom stereocenters. The summed E-state index contributed by atoms with van der Waals surface area (Å²) in [6.45, 7) is 9.53. The Morgan fingerprint density at radius 3 is 2.40 bits per heavy atom. The lowest BCUT2D eigenvalue weighted by atomic mass is 9.92. The van der Waals surface area contributed by atoms with E-state index in [4.69, 9.17) is 4.74 Å². The number of nitrogens with zero attached hydrogens (tertiary/aromatic N) is 3. The third-order valence-corrected chi connectivity index (χ3v) is 7.78. The Bertz CT molecular complexity index is 903. The Hall–Kier alpha value is -2.13. The van der Waals surface area contributed by atoms with E-state index in [1.807, 2.05) is 0 Å². The highest BCUT2D eigenvalue weighted by Crippen LogP contribution is 2.35. The van der Waals surface area contributed by atoms with Crippen molar-refractivity contribution in [2.45, 2.75) is 39.0 Å². The lowest BCUT2D eigenvalue weighted by Gasteiger charge is -2.37. The fourth-order valence-electron chi connectivity index (χ4n) is 4.33. The normalized spacial score (nSPS) is 22.1. The Balaban J connectivity index is 1.89. The van der Waals surface area contributed by atoms with E-state index in [9.17, 15) is 18.0 Å². The van der Waals surface area contributed by atoms with Gasteiger partial charge >= 0.3 is 0 Å². The first-order valence-corrected chi connectivity index (χ1v) is 12.0. The van der Waals surface area contributed by atoms with Crippen LogP contribution in [0.15, 0.2) is 23.1 Å². The number of hydrogen-bond donors (Lipinski definition) is 0. The zero-order valence-corrected chi connectivity index (χ0v) is 18.9. The van der Waals surface area contributed by atoms with Crippen molar-refractivity contribution >= 4 is 27.5 Å². The summed E-state index contributed by atoms with van der Waals surface area (Å²) in [6, 6.07) is 4.48. The maximum Gasteiger partial charge on any atom is 0.265 e. The first-order chi connectivity index (χ1) is 14.2. The zero-order chi connectivity index (χ0) is 22.1. The van der Waals surface area contributed by atoms with E-state index in [0.29, 0.717) is 49.5 Å². The van der Waals surface area contributed by atoms with Gasteiger partial charge in [-0.15, -0.1) is 0 Å². The molecule has 2 amide bonds. The molecule has 1 fully saturated rings. The first-order valence-electron chi connectivity index (χ1n) is 10.5. The Kier molecular flexibility index (Phi) is 6.71. The average Bonchev–Trinajstić information content (AvgIpc) is 2.69. The fourth-order valence-corrected chi connectivity index (χ4v) is 5.81. The highest BCUT2D eigenvalue weighted by atomic mass is 32.2. The minimum Gasteiger partial charge on any atom is -0.482 e. The molecular formula is C21H31N3O5S. The van der Waals surface area contributed by atoms with Gasteiger partial charge in [0.2, 0.25) is 15.9 Å². The molecule has 2 aliphatic heterocycles. The number of sulfonamides is 1. The van der Waals surface area contributed by atoms with E-state index in [-0.39, 0.29) is 29.9 Å². The van der Waals surface area contributed by atoms with Crippen LogP contribution in [0, 0.1) is 11.8 Å². The summed E-state index contributed by atoms with van der Waals surface area (Å²) in [5.74, 6) is 0.742. The molecule has 1 aromatic rings. The second-order valence-corrected chi connectivity index (χ2v) is 10.2. The van der Waals surface area contributed by atoms with E-state index in [0.717, 1.165) is 6.42 Å². The standard InChI is InChI=1S/C21H31N3O5S/c1-5-23(6-2)30(27,28)17-7-8-19-18(10-17)24(21(26)14-29-19)13-20(25)22-11-15(3)9-16(4)12-22/h7-8,10,15-16H,5-6,9,11-14H2,1-4H3. The monoisotopic (exact) mass is 437 g/mol. The van der Waals surface area contributed by atoms with Crippen LogP contribution >= 0.6 is 0 Å². The van der Waals surface area contributed by atoms with Gasteiger partial charge in [-0.2, -0.15) is 4.31 Å². The van der Waals surface area contributed by atoms with Crippen molar-refractivity contribution in [2.75, 3.05) is 44.2 Å². The van der Waals surface area contributed by atoms with Crippen molar-refractivity contribution in [2.24, 2.45) is 11.8 Å². The van der Waals surface area contributed by atoms with Crippen LogP contribution in [0.2, 0.25) is 0 Å². The van der Waals surface area contributed by atoms with Crippen LogP contribution in [0.3, 0.4) is 0 Å². The highest BCUT2D eigenvalue weighted by molar-refractivity contribution is 7.89. The molecule has 30 heavy (non-hydrogen) atoms. The maximum absolute atomic E-state index is 13.0. The maximum atomic E-state index is 13.0. The highest BCUT2D eigenvalue weighted by Gasteiger charge is 2.33. The molecule has 1 aromatic carbocycles. The van der Waals surface area contributed by atoms with Gasteiger partial charge in [0.05, 0.1) is 10.6 Å². The topological polar surface area (TPSA) is 87.2 Å². The molecule has 2 aliphatic rings. The van der Waals surface area contributed by atoms with Gasteiger partial charge in [-0.1, -0.05) is 27.7 Å². The SMILES string of the molecule is CCN(CC)S(=O)(=O)c1ccc2c(c1)N(CC(=O)N1CC(C)CC(C)C1)C(=O)CO2. The van der Waals surface area contributed by atoms with Crippen molar-refractivity contribution < 1.29 is 22.7 Å². The van der Waals surface area contributed by atoms with Crippen molar-refractivity contribution in [1.82, 2.24) is 9.21 Å². The number of benzene rings is 1. The number of hydrogen-bond acceptors (Lipinski definition) is 5. The summed E-state index contributed by atoms with van der Waals surface area (Å²) in [5, 5.41) is 0. The number of fused-ring (bicyclic) bond motifs is 1. The second-order valence-electron chi connectivity index (χ2n) is 8.23. The number of carbonyl (C=O) groups excluding carboxylic acids is 2. The molecule has 2 unspecified atom stereocenters. The lowest BCUT2D eigenvalue weighted by Crippen LogP contribution is -2.50. The summed E-state index contributed by atoms with van der Waals surface area (Å²) in [6.07, 6.45) is 1.08. The third kappa shape index (κ3) is 4.46. The van der Waals surface area contributed by atoms with Crippen LogP contribution in [0.4, 0.5) is 5.69 Å². The van der Waals surface area contributed by atoms with Crippen molar-refractivity contribution in [3.63, 3.8) is 0 Å². The quantitative estimate of drug-likeness (QED) is 0.679. The zero-order valence-electron chi connectivity index (χ0n) is 18.1. The molecule has 166 valence electrons. The third-order valence-electron chi connectivity index (χ3n) is 5.73. The molecule has 1 saturated heterocycles. The van der Waals surface area contributed by atoms with Gasteiger partial charge in [-0.05, 0) is 36.5 Å². The molecule has 8 nitrogen and oxygen atoms in total. The van der Waals surface area contributed by atoms with Crippen LogP contribution in [0.1, 0.15) is 34.1 Å². The molecule has 2 heterocycles. The minimum atomic E-state index is -3.69. The van der Waals surface area contributed by atoms with Crippen LogP contribution in [-0.4, -0.2) is 68.8 Å². The van der Waals surface area contributed by atoms with Gasteiger partial charge in [0, 0.05) is 26.2 Å². The van der Waals surface area contributed by atoms with Crippen molar-refractivity contribution in [1.29, 1.82) is 0 Å². The number of carbonyl (C=O) groups is 2. The van der Waals surface area contributed by atoms with Gasteiger partial charge in [0.25, 0.3) is 5.91 Å². The number of piperidine rings is 1. The van der Waals surface area contributed by atoms with Gasteiger partial charge in [-0.25, -0.2) is 8.42 Å². The molecule has 0 N–H and O–H groups in total. The largest absolute Gasteiger partial charge is 0.482 e. The van der Waals surface area contributed by atoms with Crippen LogP contribution in [0.25, 0.3) is 0 Å². The molecular weight excluding hydrogens is 406 g/mol. The van der Waals surface area contributed by atoms with Crippen LogP contribution < -0.4 is 9.64 Å². The molecule has 0 bridgehead atoms. The Morgan fingerprint density at radius 1 is 1.17 bits per heavy atom. The Morgan fingerprint density at radius 2 is 1.80 bits per heavy atom. The van der Waals surface area contributed by atoms with E-state index >= 15 is 0 Å². The van der Waals surface area contributed by atoms with Gasteiger partial charge in [-0.3, -0.25) is 14.5 Å². The van der Waals surface area contributed by atoms with Gasteiger partial charge in [0.1, 0.15) is 12.3 Å². The van der Waals surface area contributed by atoms with Crippen molar-refractivity contribution in [3.8, 4) is 5.75 Å². The number of ether oxygens (including phenoxy) is 1. The fraction of sp³-hybridized carbons (Fsp3) is 0.619. The first kappa shape index (κ1) is 22.6. The second kappa shape index (κ2) is 8.93. The predicted molar refractivity (Wildman–Crippen MR) is 114 cm³/mol. The summed E-state index contributed by atoms with van der Waals surface area (Å²) in [4.78, 5) is 28.8. The number of anilines is 1. The summed E-state index contributed by atoms with van der Waals surface area (Å²) >= 11 is 0. The minimum absolute atomic E-state index is 0.0842. The molecule has 0 aromatic heterocycles. The summed E-state index contributed by atoms with van der Waals surface area (Å²) in [5.41, 5.74) is 0.325. The number of amides is 2. The smallest absolute Gasteiger partial charge is 0.265 e. The molecule has 0 spiro atoms.